The molecule has 1 atom stereocenters. The number of Topliss-reactive ketones (excluding diaryl/α,β-unsaturated/α-hetero) is 1. The molecule has 1 aromatic carbocycles. The van der Waals surface area contributed by atoms with Crippen LogP contribution in [0.25, 0.3) is 0 Å². The van der Waals surface area contributed by atoms with Crippen LogP contribution in [0.3, 0.4) is 0 Å². The van der Waals surface area contributed by atoms with Crippen molar-refractivity contribution in [1.29, 1.82) is 0 Å². The number of amides is 1. The maximum Gasteiger partial charge on any atom is 0.239 e. The Labute approximate surface area is 169 Å². The van der Waals surface area contributed by atoms with Crippen LogP contribution in [0.1, 0.15) is 28.6 Å². The van der Waals surface area contributed by atoms with Crippen LogP contribution >= 0.6 is 0 Å². The minimum Gasteiger partial charge on any atom is -0.868 e. The highest BCUT2D eigenvalue weighted by Crippen LogP contribution is 2.38. The van der Waals surface area contributed by atoms with Crippen LogP contribution in [0.5, 0.6) is 0 Å². The number of hydrogen-bond donors (Lipinski definition) is 1. The number of furan rings is 1. The van der Waals surface area contributed by atoms with Crippen molar-refractivity contribution >= 4 is 11.7 Å². The third-order valence-corrected chi connectivity index (χ3v) is 5.52. The fourth-order valence-corrected chi connectivity index (χ4v) is 4.03. The smallest absolute Gasteiger partial charge is 0.239 e. The minimum atomic E-state index is -0.737. The fraction of sp³-hybridized carbons (Fsp3) is 0.364. The summed E-state index contributed by atoms with van der Waals surface area (Å²) in [7, 11) is 0. The Morgan fingerprint density at radius 3 is 2.59 bits per heavy atom. The molecule has 1 saturated heterocycles. The SMILES string of the molecule is O=C(C1=C([O-])C(=O)N(CCC[NH+]2CCOCC2)C1c1ccccc1)c1ccco1. The highest BCUT2D eigenvalue weighted by atomic mass is 16.5. The van der Waals surface area contributed by atoms with E-state index in [1.54, 1.807) is 6.07 Å². The van der Waals surface area contributed by atoms with E-state index < -0.39 is 23.5 Å². The number of nitrogens with one attached hydrogen (secondary N) is 1. The van der Waals surface area contributed by atoms with Crippen LogP contribution in [0.4, 0.5) is 0 Å². The molecule has 0 aliphatic carbocycles. The molecule has 152 valence electrons. The Bertz CT molecular complexity index is 885. The van der Waals surface area contributed by atoms with E-state index in [9.17, 15) is 14.7 Å². The van der Waals surface area contributed by atoms with Crippen LogP contribution in [0.15, 0.2) is 64.5 Å². The topological polar surface area (TPSA) is 87.2 Å². The molecule has 4 rings (SSSR count). The molecule has 7 heteroatoms. The number of ketones is 1. The normalized spacial score (nSPS) is 20.5. The molecule has 2 aromatic rings. The van der Waals surface area contributed by atoms with Gasteiger partial charge in [0, 0.05) is 18.5 Å². The molecule has 0 radical (unpaired) electrons. The third-order valence-electron chi connectivity index (χ3n) is 5.52. The number of nitrogens with zero attached hydrogens (tertiary/aromatic N) is 1. The molecule has 29 heavy (non-hydrogen) atoms. The quantitative estimate of drug-likeness (QED) is 0.664. The van der Waals surface area contributed by atoms with Gasteiger partial charge in [0.05, 0.1) is 32.1 Å². The van der Waals surface area contributed by atoms with E-state index in [2.05, 4.69) is 0 Å². The van der Waals surface area contributed by atoms with Crippen LogP contribution in [-0.2, 0) is 9.53 Å². The molecule has 2 aliphatic heterocycles. The van der Waals surface area contributed by atoms with Crippen molar-refractivity contribution in [2.75, 3.05) is 39.4 Å². The summed E-state index contributed by atoms with van der Waals surface area (Å²) in [6.45, 7) is 4.71. The number of ether oxygens (including phenoxy) is 1. The van der Waals surface area contributed by atoms with Crippen molar-refractivity contribution in [3.05, 3.63) is 71.4 Å². The van der Waals surface area contributed by atoms with Gasteiger partial charge in [0.25, 0.3) is 0 Å². The lowest BCUT2D eigenvalue weighted by Gasteiger charge is -2.29. The molecule has 7 nitrogen and oxygen atoms in total. The first-order valence-electron chi connectivity index (χ1n) is 9.93. The van der Waals surface area contributed by atoms with E-state index >= 15 is 0 Å². The second-order valence-corrected chi connectivity index (χ2v) is 7.33. The highest BCUT2D eigenvalue weighted by Gasteiger charge is 2.40. The summed E-state index contributed by atoms with van der Waals surface area (Å²) in [4.78, 5) is 28.7. The Morgan fingerprint density at radius 1 is 1.14 bits per heavy atom. The van der Waals surface area contributed by atoms with Gasteiger partial charge in [0.15, 0.2) is 5.76 Å². The van der Waals surface area contributed by atoms with E-state index in [4.69, 9.17) is 9.15 Å². The number of carbonyl (C=O) groups is 2. The lowest BCUT2D eigenvalue weighted by atomic mass is 9.95. The molecule has 3 heterocycles. The second-order valence-electron chi connectivity index (χ2n) is 7.33. The predicted octanol–water partition coefficient (Wildman–Crippen LogP) is -0.0346. The number of rotatable bonds is 7. The van der Waals surface area contributed by atoms with E-state index in [0.29, 0.717) is 6.54 Å². The van der Waals surface area contributed by atoms with Crippen molar-refractivity contribution in [2.45, 2.75) is 12.5 Å². The standard InChI is InChI=1S/C22H24N2O5/c25-20(17-8-4-13-29-17)18-19(16-6-2-1-3-7-16)24(22(27)21(18)26)10-5-9-23-11-14-28-15-12-23/h1-4,6-8,13,19,26H,5,9-12,14-15H2. The van der Waals surface area contributed by atoms with Crippen LogP contribution in [-0.4, -0.2) is 56.0 Å². The van der Waals surface area contributed by atoms with E-state index in [1.165, 1.54) is 22.1 Å². The lowest BCUT2D eigenvalue weighted by Crippen LogP contribution is -3.14. The number of carbonyl (C=O) groups excluding carboxylic acids is 2. The first-order valence-corrected chi connectivity index (χ1v) is 9.93. The molecule has 0 saturated carbocycles. The highest BCUT2D eigenvalue weighted by molar-refractivity contribution is 6.14. The molecule has 1 aromatic heterocycles. The summed E-state index contributed by atoms with van der Waals surface area (Å²) < 4.78 is 10.6. The summed E-state index contributed by atoms with van der Waals surface area (Å²) in [5.74, 6) is -1.81. The van der Waals surface area contributed by atoms with Gasteiger partial charge in [-0.2, -0.15) is 0 Å². The van der Waals surface area contributed by atoms with Crippen LogP contribution in [0.2, 0.25) is 0 Å². The van der Waals surface area contributed by atoms with Gasteiger partial charge in [-0.1, -0.05) is 30.3 Å². The average Bonchev–Trinajstić information content (AvgIpc) is 3.38. The number of morpholine rings is 1. The van der Waals surface area contributed by atoms with Gasteiger partial charge < -0.3 is 24.1 Å². The van der Waals surface area contributed by atoms with E-state index in [-0.39, 0.29) is 11.3 Å². The summed E-state index contributed by atoms with van der Waals surface area (Å²) in [5.41, 5.74) is 0.718. The average molecular weight is 396 g/mol. The predicted molar refractivity (Wildman–Crippen MR) is 102 cm³/mol. The Morgan fingerprint density at radius 2 is 1.90 bits per heavy atom. The van der Waals surface area contributed by atoms with Crippen molar-refractivity contribution in [3.63, 3.8) is 0 Å². The Hall–Kier alpha value is -2.90. The van der Waals surface area contributed by atoms with Gasteiger partial charge in [0.1, 0.15) is 13.1 Å². The largest absolute Gasteiger partial charge is 0.868 e. The van der Waals surface area contributed by atoms with Gasteiger partial charge in [-0.15, -0.1) is 0 Å². The number of quaternary nitrogens is 1. The lowest BCUT2D eigenvalue weighted by molar-refractivity contribution is -0.908. The van der Waals surface area contributed by atoms with Gasteiger partial charge in [0.2, 0.25) is 11.7 Å². The van der Waals surface area contributed by atoms with Gasteiger partial charge >= 0.3 is 0 Å². The van der Waals surface area contributed by atoms with Crippen molar-refractivity contribution in [2.24, 2.45) is 0 Å². The molecular weight excluding hydrogens is 372 g/mol. The maximum absolute atomic E-state index is 13.0. The summed E-state index contributed by atoms with van der Waals surface area (Å²) in [5, 5.41) is 12.8. The van der Waals surface area contributed by atoms with E-state index in [1.807, 2.05) is 30.3 Å². The zero-order valence-corrected chi connectivity index (χ0v) is 16.1. The molecular formula is C22H24N2O5. The zero-order valence-electron chi connectivity index (χ0n) is 16.1. The van der Waals surface area contributed by atoms with Gasteiger partial charge in [-0.05, 0) is 23.5 Å². The van der Waals surface area contributed by atoms with Crippen molar-refractivity contribution in [1.82, 2.24) is 4.90 Å². The second kappa shape index (κ2) is 8.63. The van der Waals surface area contributed by atoms with Crippen molar-refractivity contribution < 1.29 is 28.7 Å². The van der Waals surface area contributed by atoms with Gasteiger partial charge in [-0.25, -0.2) is 0 Å². The van der Waals surface area contributed by atoms with Gasteiger partial charge in [-0.3, -0.25) is 9.59 Å². The first kappa shape index (κ1) is 19.4. The molecule has 1 N–H and O–H groups in total. The first-order chi connectivity index (χ1) is 14.2. The monoisotopic (exact) mass is 396 g/mol. The summed E-state index contributed by atoms with van der Waals surface area (Å²) in [6.07, 6.45) is 2.13. The third kappa shape index (κ3) is 3.97. The Balaban J connectivity index is 1.57. The summed E-state index contributed by atoms with van der Waals surface area (Å²) >= 11 is 0. The molecule has 1 unspecified atom stereocenters. The molecule has 1 fully saturated rings. The fourth-order valence-electron chi connectivity index (χ4n) is 4.03. The summed E-state index contributed by atoms with van der Waals surface area (Å²) in [6, 6.07) is 11.6. The van der Waals surface area contributed by atoms with Crippen LogP contribution < -0.4 is 10.0 Å². The molecule has 2 aliphatic rings. The minimum absolute atomic E-state index is 0.0325. The molecule has 1 amide bonds. The number of hydrogen-bond acceptors (Lipinski definition) is 5. The number of benzene rings is 1. The molecule has 0 spiro atoms. The zero-order chi connectivity index (χ0) is 20.2. The Kier molecular flexibility index (Phi) is 5.78. The van der Waals surface area contributed by atoms with Crippen LogP contribution in [0, 0.1) is 0 Å². The van der Waals surface area contributed by atoms with E-state index in [0.717, 1.165) is 44.8 Å². The van der Waals surface area contributed by atoms with Crippen molar-refractivity contribution in [3.8, 4) is 0 Å². The molecule has 0 bridgehead atoms. The maximum atomic E-state index is 13.0.